The Balaban J connectivity index is 1.86. The summed E-state index contributed by atoms with van der Waals surface area (Å²) in [4.78, 5) is 12.5. The van der Waals surface area contributed by atoms with E-state index < -0.39 is 29.8 Å². The van der Waals surface area contributed by atoms with Gasteiger partial charge in [-0.2, -0.15) is 18.3 Å². The fourth-order valence-electron chi connectivity index (χ4n) is 2.57. The molecule has 158 valence electrons. The summed E-state index contributed by atoms with van der Waals surface area (Å²) in [7, 11) is 1.41. The molecule has 0 saturated carbocycles. The van der Waals surface area contributed by atoms with Crippen molar-refractivity contribution < 1.29 is 31.5 Å². The third-order valence-corrected chi connectivity index (χ3v) is 4.77. The molecule has 0 bridgehead atoms. The van der Waals surface area contributed by atoms with Crippen LogP contribution in [-0.2, 0) is 13.2 Å². The number of hydrogen-bond acceptors (Lipinski definition) is 3. The zero-order chi connectivity index (χ0) is 22.1. The van der Waals surface area contributed by atoms with Gasteiger partial charge in [0.05, 0.1) is 20.4 Å². The number of nitrogens with zero attached hydrogens (tertiary/aromatic N) is 2. The number of alkyl halides is 5. The van der Waals surface area contributed by atoms with Gasteiger partial charge in [0.15, 0.2) is 5.75 Å². The Morgan fingerprint density at radius 3 is 2.50 bits per heavy atom. The Kier molecular flexibility index (Phi) is 6.29. The summed E-state index contributed by atoms with van der Waals surface area (Å²) in [6.07, 6.45) is -6.26. The van der Waals surface area contributed by atoms with E-state index in [-0.39, 0.29) is 26.3 Å². The van der Waals surface area contributed by atoms with E-state index in [9.17, 15) is 26.7 Å². The lowest BCUT2D eigenvalue weighted by Gasteiger charge is -2.14. The zero-order valence-electron chi connectivity index (χ0n) is 15.2. The summed E-state index contributed by atoms with van der Waals surface area (Å²) < 4.78 is 71.7. The monoisotopic (exact) mass is 537 g/mol. The molecular formula is C19H13F5IN3O2. The van der Waals surface area contributed by atoms with Crippen LogP contribution in [0.5, 0.6) is 11.5 Å². The van der Waals surface area contributed by atoms with Gasteiger partial charge in [0.25, 0.3) is 12.3 Å². The number of nitrogens with one attached hydrogen (secondary N) is 1. The number of aromatic nitrogens is 2. The number of ether oxygens (including phenoxy) is 1. The van der Waals surface area contributed by atoms with Crippen LogP contribution in [0.3, 0.4) is 0 Å². The summed E-state index contributed by atoms with van der Waals surface area (Å²) >= 11 is 1.71. The van der Waals surface area contributed by atoms with Crippen molar-refractivity contribution in [2.75, 3.05) is 5.32 Å². The number of amides is 1. The van der Waals surface area contributed by atoms with Gasteiger partial charge in [0.1, 0.15) is 11.4 Å². The molecule has 30 heavy (non-hydrogen) atoms. The minimum Gasteiger partial charge on any atom is -0.454 e. The molecule has 0 aliphatic heterocycles. The van der Waals surface area contributed by atoms with E-state index in [0.29, 0.717) is 0 Å². The highest BCUT2D eigenvalue weighted by Crippen LogP contribution is 2.36. The summed E-state index contributed by atoms with van der Waals surface area (Å²) in [5.41, 5.74) is -1.63. The van der Waals surface area contributed by atoms with Crippen molar-refractivity contribution in [3.8, 4) is 11.5 Å². The van der Waals surface area contributed by atoms with E-state index in [4.69, 9.17) is 4.74 Å². The SMILES string of the molecule is Cn1cc(C(=O)Nc2ccccc2Oc2ccc(C(F)(F)F)cc2I)c(C(F)F)n1. The van der Waals surface area contributed by atoms with Crippen molar-refractivity contribution >= 4 is 34.2 Å². The molecule has 0 aliphatic rings. The fourth-order valence-corrected chi connectivity index (χ4v) is 3.19. The molecule has 3 rings (SSSR count). The van der Waals surface area contributed by atoms with Crippen LogP contribution in [0.15, 0.2) is 48.7 Å². The molecule has 0 radical (unpaired) electrons. The second kappa shape index (κ2) is 8.58. The van der Waals surface area contributed by atoms with Gasteiger partial charge in [-0.3, -0.25) is 9.48 Å². The molecule has 3 aromatic rings. The molecule has 0 saturated heterocycles. The molecule has 0 spiro atoms. The summed E-state index contributed by atoms with van der Waals surface area (Å²) in [5, 5.41) is 6.06. The van der Waals surface area contributed by atoms with Crippen LogP contribution in [0, 0.1) is 3.57 Å². The largest absolute Gasteiger partial charge is 0.454 e. The average molecular weight is 537 g/mol. The molecule has 1 heterocycles. The van der Waals surface area contributed by atoms with Crippen LogP contribution in [0.1, 0.15) is 28.0 Å². The summed E-state index contributed by atoms with van der Waals surface area (Å²) in [5.74, 6) is -0.553. The highest BCUT2D eigenvalue weighted by molar-refractivity contribution is 14.1. The Bertz CT molecular complexity index is 1080. The maximum absolute atomic E-state index is 13.1. The minimum absolute atomic E-state index is 0.131. The van der Waals surface area contributed by atoms with Gasteiger partial charge in [0.2, 0.25) is 0 Å². The van der Waals surface area contributed by atoms with Gasteiger partial charge in [-0.05, 0) is 52.9 Å². The fraction of sp³-hybridized carbons (Fsp3) is 0.158. The van der Waals surface area contributed by atoms with Crippen LogP contribution in [0.25, 0.3) is 0 Å². The molecule has 1 N–H and O–H groups in total. The Morgan fingerprint density at radius 1 is 1.17 bits per heavy atom. The first kappa shape index (κ1) is 22.0. The molecule has 0 unspecified atom stereocenters. The zero-order valence-corrected chi connectivity index (χ0v) is 17.3. The molecular weight excluding hydrogens is 524 g/mol. The maximum Gasteiger partial charge on any atom is 0.416 e. The van der Waals surface area contributed by atoms with Crippen LogP contribution in [0.2, 0.25) is 0 Å². The average Bonchev–Trinajstić information content (AvgIpc) is 3.06. The van der Waals surface area contributed by atoms with Crippen molar-refractivity contribution in [3.05, 3.63) is 69.1 Å². The predicted molar refractivity (Wildman–Crippen MR) is 107 cm³/mol. The van der Waals surface area contributed by atoms with E-state index >= 15 is 0 Å². The highest BCUT2D eigenvalue weighted by Gasteiger charge is 2.31. The lowest BCUT2D eigenvalue weighted by Crippen LogP contribution is -2.14. The van der Waals surface area contributed by atoms with Crippen molar-refractivity contribution in [1.82, 2.24) is 9.78 Å². The molecule has 0 aliphatic carbocycles. The van der Waals surface area contributed by atoms with E-state index in [1.165, 1.54) is 31.4 Å². The molecule has 1 amide bonds. The molecule has 0 atom stereocenters. The van der Waals surface area contributed by atoms with Crippen LogP contribution < -0.4 is 10.1 Å². The standard InChI is InChI=1S/C19H13F5IN3O2/c1-28-9-11(16(27-28)17(20)21)18(29)26-13-4-2-3-5-15(13)30-14-7-6-10(8-12(14)25)19(22,23)24/h2-9,17H,1H3,(H,26,29). The predicted octanol–water partition coefficient (Wildman–Crippen LogP) is 6.03. The number of carbonyl (C=O) groups is 1. The van der Waals surface area contributed by atoms with Gasteiger partial charge < -0.3 is 10.1 Å². The van der Waals surface area contributed by atoms with E-state index in [1.54, 1.807) is 34.7 Å². The topological polar surface area (TPSA) is 56.2 Å². The number of aryl methyl sites for hydroxylation is 1. The first-order valence-electron chi connectivity index (χ1n) is 8.33. The molecule has 2 aromatic carbocycles. The van der Waals surface area contributed by atoms with E-state index in [0.717, 1.165) is 16.8 Å². The molecule has 5 nitrogen and oxygen atoms in total. The van der Waals surface area contributed by atoms with Gasteiger partial charge in [-0.25, -0.2) is 8.78 Å². The smallest absolute Gasteiger partial charge is 0.416 e. The lowest BCUT2D eigenvalue weighted by atomic mass is 10.2. The second-order valence-electron chi connectivity index (χ2n) is 6.10. The van der Waals surface area contributed by atoms with Gasteiger partial charge >= 0.3 is 6.18 Å². The minimum atomic E-state index is -4.49. The first-order chi connectivity index (χ1) is 14.1. The number of rotatable bonds is 5. The Labute approximate surface area is 181 Å². The summed E-state index contributed by atoms with van der Waals surface area (Å²) in [6, 6.07) is 9.11. The molecule has 11 heteroatoms. The van der Waals surface area contributed by atoms with Crippen LogP contribution in [0.4, 0.5) is 27.6 Å². The quantitative estimate of drug-likeness (QED) is 0.320. The van der Waals surface area contributed by atoms with E-state index in [1.807, 2.05) is 0 Å². The normalized spacial score (nSPS) is 11.6. The number of carbonyl (C=O) groups excluding carboxylic acids is 1. The van der Waals surface area contributed by atoms with Crippen LogP contribution >= 0.6 is 22.6 Å². The summed E-state index contributed by atoms with van der Waals surface area (Å²) in [6.45, 7) is 0. The molecule has 0 fully saturated rings. The first-order valence-corrected chi connectivity index (χ1v) is 9.41. The third kappa shape index (κ3) is 4.89. The Hall–Kier alpha value is -2.70. The van der Waals surface area contributed by atoms with Crippen molar-refractivity contribution in [2.45, 2.75) is 12.6 Å². The number of anilines is 1. The third-order valence-electron chi connectivity index (χ3n) is 3.92. The highest BCUT2D eigenvalue weighted by atomic mass is 127. The van der Waals surface area contributed by atoms with Gasteiger partial charge in [-0.1, -0.05) is 12.1 Å². The number of halogens is 6. The van der Waals surface area contributed by atoms with Crippen LogP contribution in [-0.4, -0.2) is 15.7 Å². The Morgan fingerprint density at radius 2 is 1.87 bits per heavy atom. The second-order valence-corrected chi connectivity index (χ2v) is 7.26. The number of benzene rings is 2. The van der Waals surface area contributed by atoms with Gasteiger partial charge in [0, 0.05) is 13.2 Å². The van der Waals surface area contributed by atoms with E-state index in [2.05, 4.69) is 10.4 Å². The number of para-hydroxylation sites is 2. The maximum atomic E-state index is 13.1. The molecule has 1 aromatic heterocycles. The number of hydrogen-bond donors (Lipinski definition) is 1. The van der Waals surface area contributed by atoms with Crippen molar-refractivity contribution in [1.29, 1.82) is 0 Å². The van der Waals surface area contributed by atoms with Crippen molar-refractivity contribution in [3.63, 3.8) is 0 Å². The van der Waals surface area contributed by atoms with Crippen molar-refractivity contribution in [2.24, 2.45) is 7.05 Å². The lowest BCUT2D eigenvalue weighted by molar-refractivity contribution is -0.137. The van der Waals surface area contributed by atoms with Gasteiger partial charge in [-0.15, -0.1) is 0 Å².